The van der Waals surface area contributed by atoms with E-state index in [1.165, 1.54) is 6.07 Å². The number of aromatic hydroxyl groups is 1. The van der Waals surface area contributed by atoms with Crippen LogP contribution in [0.3, 0.4) is 0 Å². The van der Waals surface area contributed by atoms with E-state index in [1.54, 1.807) is 36.5 Å². The van der Waals surface area contributed by atoms with Gasteiger partial charge >= 0.3 is 5.63 Å². The molecule has 0 fully saturated rings. The maximum Gasteiger partial charge on any atom is 0.349 e. The Kier molecular flexibility index (Phi) is 2.72. The van der Waals surface area contributed by atoms with Crippen molar-refractivity contribution in [3.63, 3.8) is 0 Å². The van der Waals surface area contributed by atoms with Crippen molar-refractivity contribution in [1.82, 2.24) is 4.98 Å². The third-order valence-corrected chi connectivity index (χ3v) is 3.00. The summed E-state index contributed by atoms with van der Waals surface area (Å²) in [5.41, 5.74) is 0.0154. The van der Waals surface area contributed by atoms with Crippen molar-refractivity contribution in [2.45, 2.75) is 0 Å². The van der Waals surface area contributed by atoms with Crippen LogP contribution in [0.5, 0.6) is 5.75 Å². The largest absolute Gasteiger partial charge is 0.506 e. The molecule has 2 aromatic heterocycles. The van der Waals surface area contributed by atoms with Gasteiger partial charge in [0.25, 0.3) is 0 Å². The van der Waals surface area contributed by atoms with Gasteiger partial charge < -0.3 is 9.52 Å². The number of pyridine rings is 1. The molecule has 0 amide bonds. The van der Waals surface area contributed by atoms with Gasteiger partial charge in [-0.05, 0) is 24.3 Å². The zero-order valence-corrected chi connectivity index (χ0v) is 10.4. The fraction of sp³-hybridized carbons (Fsp3) is 0. The second-order valence-electron chi connectivity index (χ2n) is 3.97. The highest BCUT2D eigenvalue weighted by Gasteiger charge is 2.16. The number of aromatic nitrogens is 1. The lowest BCUT2D eigenvalue weighted by atomic mass is 10.1. The van der Waals surface area contributed by atoms with E-state index in [2.05, 4.69) is 4.98 Å². The van der Waals surface area contributed by atoms with E-state index in [9.17, 15) is 9.90 Å². The zero-order chi connectivity index (χ0) is 13.4. The van der Waals surface area contributed by atoms with Crippen LogP contribution in [-0.2, 0) is 0 Å². The SMILES string of the molecule is O=c1oc2cc(Cl)ccc2c(O)c1-c1ccccn1. The van der Waals surface area contributed by atoms with E-state index in [1.807, 2.05) is 0 Å². The van der Waals surface area contributed by atoms with Gasteiger partial charge in [0.2, 0.25) is 0 Å². The molecule has 4 nitrogen and oxygen atoms in total. The average molecular weight is 274 g/mol. The second-order valence-corrected chi connectivity index (χ2v) is 4.41. The van der Waals surface area contributed by atoms with Crippen LogP contribution < -0.4 is 5.63 Å². The fourth-order valence-electron chi connectivity index (χ4n) is 1.90. The Morgan fingerprint density at radius 3 is 2.79 bits per heavy atom. The van der Waals surface area contributed by atoms with E-state index in [0.29, 0.717) is 16.1 Å². The first kappa shape index (κ1) is 11.7. The number of fused-ring (bicyclic) bond motifs is 1. The molecule has 0 saturated heterocycles. The van der Waals surface area contributed by atoms with Crippen LogP contribution >= 0.6 is 11.6 Å². The molecule has 94 valence electrons. The third-order valence-electron chi connectivity index (χ3n) is 2.76. The van der Waals surface area contributed by atoms with Crippen molar-refractivity contribution in [2.75, 3.05) is 0 Å². The quantitative estimate of drug-likeness (QED) is 0.692. The summed E-state index contributed by atoms with van der Waals surface area (Å²) in [6.07, 6.45) is 1.54. The van der Waals surface area contributed by atoms with Crippen molar-refractivity contribution in [2.24, 2.45) is 0 Å². The summed E-state index contributed by atoms with van der Waals surface area (Å²) < 4.78 is 5.17. The number of hydrogen-bond acceptors (Lipinski definition) is 4. The molecular formula is C14H8ClNO3. The number of rotatable bonds is 1. The summed E-state index contributed by atoms with van der Waals surface area (Å²) in [4.78, 5) is 16.0. The Hall–Kier alpha value is -2.33. The summed E-state index contributed by atoms with van der Waals surface area (Å²) in [5.74, 6) is -0.151. The van der Waals surface area contributed by atoms with Gasteiger partial charge in [0.05, 0.1) is 11.1 Å². The summed E-state index contributed by atoms with van der Waals surface area (Å²) in [7, 11) is 0. The lowest BCUT2D eigenvalue weighted by Crippen LogP contribution is -2.04. The predicted octanol–water partition coefficient (Wildman–Crippen LogP) is 3.21. The van der Waals surface area contributed by atoms with E-state index in [4.69, 9.17) is 16.0 Å². The third kappa shape index (κ3) is 1.96. The highest BCUT2D eigenvalue weighted by molar-refractivity contribution is 6.31. The lowest BCUT2D eigenvalue weighted by molar-refractivity contribution is 0.471. The monoisotopic (exact) mass is 273 g/mol. The van der Waals surface area contributed by atoms with Gasteiger partial charge in [-0.3, -0.25) is 4.98 Å². The standard InChI is InChI=1S/C14H8ClNO3/c15-8-4-5-9-11(7-8)19-14(18)12(13(9)17)10-3-1-2-6-16-10/h1-7,17H. The molecule has 3 rings (SSSR count). The predicted molar refractivity (Wildman–Crippen MR) is 72.4 cm³/mol. The molecule has 5 heteroatoms. The first-order valence-corrected chi connectivity index (χ1v) is 5.91. The Bertz CT molecular complexity index is 812. The first-order chi connectivity index (χ1) is 9.16. The Labute approximate surface area is 112 Å². The molecule has 0 atom stereocenters. The molecule has 0 aliphatic carbocycles. The number of benzene rings is 1. The molecule has 0 unspecified atom stereocenters. The van der Waals surface area contributed by atoms with Gasteiger partial charge in [-0.1, -0.05) is 17.7 Å². The number of halogens is 1. The molecule has 0 aliphatic rings. The number of hydrogen-bond donors (Lipinski definition) is 1. The van der Waals surface area contributed by atoms with Crippen LogP contribution in [0.2, 0.25) is 5.02 Å². The van der Waals surface area contributed by atoms with Gasteiger partial charge in [0.1, 0.15) is 16.9 Å². The smallest absolute Gasteiger partial charge is 0.349 e. The highest BCUT2D eigenvalue weighted by atomic mass is 35.5. The van der Waals surface area contributed by atoms with Crippen LogP contribution in [-0.4, -0.2) is 10.1 Å². The van der Waals surface area contributed by atoms with Crippen molar-refractivity contribution in [1.29, 1.82) is 0 Å². The van der Waals surface area contributed by atoms with Crippen LogP contribution in [0, 0.1) is 0 Å². The van der Waals surface area contributed by atoms with E-state index in [0.717, 1.165) is 0 Å². The lowest BCUT2D eigenvalue weighted by Gasteiger charge is -2.05. The zero-order valence-electron chi connectivity index (χ0n) is 9.63. The minimum atomic E-state index is -0.647. The van der Waals surface area contributed by atoms with Gasteiger partial charge in [0.15, 0.2) is 0 Å². The maximum absolute atomic E-state index is 12.0. The Morgan fingerprint density at radius 2 is 2.05 bits per heavy atom. The molecule has 0 aliphatic heterocycles. The van der Waals surface area contributed by atoms with Crippen LogP contribution in [0.25, 0.3) is 22.2 Å². The summed E-state index contributed by atoms with van der Waals surface area (Å²) >= 11 is 5.82. The minimum Gasteiger partial charge on any atom is -0.506 e. The van der Waals surface area contributed by atoms with E-state index >= 15 is 0 Å². The number of nitrogens with zero attached hydrogens (tertiary/aromatic N) is 1. The summed E-state index contributed by atoms with van der Waals surface area (Å²) in [5, 5.41) is 11.1. The molecular weight excluding hydrogens is 266 g/mol. The van der Waals surface area contributed by atoms with Gasteiger partial charge in [0, 0.05) is 17.3 Å². The van der Waals surface area contributed by atoms with Crippen molar-refractivity contribution < 1.29 is 9.52 Å². The van der Waals surface area contributed by atoms with Crippen molar-refractivity contribution in [3.05, 3.63) is 58.0 Å². The molecule has 19 heavy (non-hydrogen) atoms. The molecule has 0 bridgehead atoms. The minimum absolute atomic E-state index is 0.0513. The Balaban J connectivity index is 2.39. The molecule has 3 aromatic rings. The molecule has 0 radical (unpaired) electrons. The topological polar surface area (TPSA) is 63.3 Å². The van der Waals surface area contributed by atoms with Crippen LogP contribution in [0.4, 0.5) is 0 Å². The molecule has 0 saturated carbocycles. The van der Waals surface area contributed by atoms with Crippen LogP contribution in [0.1, 0.15) is 0 Å². The Morgan fingerprint density at radius 1 is 1.21 bits per heavy atom. The van der Waals surface area contributed by atoms with Gasteiger partial charge in [-0.25, -0.2) is 4.79 Å². The normalized spacial score (nSPS) is 10.8. The van der Waals surface area contributed by atoms with Gasteiger partial charge in [-0.15, -0.1) is 0 Å². The molecule has 2 heterocycles. The van der Waals surface area contributed by atoms with Crippen molar-refractivity contribution >= 4 is 22.6 Å². The first-order valence-electron chi connectivity index (χ1n) is 5.53. The van der Waals surface area contributed by atoms with Gasteiger partial charge in [-0.2, -0.15) is 0 Å². The van der Waals surface area contributed by atoms with Crippen molar-refractivity contribution in [3.8, 4) is 17.0 Å². The summed E-state index contributed by atoms with van der Waals surface area (Å²) in [6.45, 7) is 0. The fourth-order valence-corrected chi connectivity index (χ4v) is 2.06. The molecule has 1 aromatic carbocycles. The molecule has 0 spiro atoms. The van der Waals surface area contributed by atoms with E-state index < -0.39 is 5.63 Å². The van der Waals surface area contributed by atoms with Crippen LogP contribution in [0.15, 0.2) is 51.8 Å². The average Bonchev–Trinajstić information content (AvgIpc) is 2.39. The maximum atomic E-state index is 12.0. The second kappa shape index (κ2) is 4.40. The molecule has 1 N–H and O–H groups in total. The highest BCUT2D eigenvalue weighted by Crippen LogP contribution is 2.32. The van der Waals surface area contributed by atoms with E-state index in [-0.39, 0.29) is 16.9 Å². The summed E-state index contributed by atoms with van der Waals surface area (Å²) in [6, 6.07) is 9.79.